The molecule has 6 heteroatoms. The molecule has 0 spiro atoms. The van der Waals surface area contributed by atoms with Gasteiger partial charge in [-0.05, 0) is 37.9 Å². The third-order valence-corrected chi connectivity index (χ3v) is 3.99. The Morgan fingerprint density at radius 2 is 1.78 bits per heavy atom. The van der Waals surface area contributed by atoms with Gasteiger partial charge in [-0.3, -0.25) is 0 Å². The predicted octanol–water partition coefficient (Wildman–Crippen LogP) is 4.30. The second-order valence-electron chi connectivity index (χ2n) is 5.27. The van der Waals surface area contributed by atoms with E-state index in [2.05, 4.69) is 0 Å². The summed E-state index contributed by atoms with van der Waals surface area (Å²) in [6.07, 6.45) is 0. The van der Waals surface area contributed by atoms with Gasteiger partial charge >= 0.3 is 5.97 Å². The second kappa shape index (κ2) is 7.68. The van der Waals surface area contributed by atoms with Gasteiger partial charge in [0.15, 0.2) is 0 Å². The van der Waals surface area contributed by atoms with Crippen molar-refractivity contribution in [3.63, 3.8) is 0 Å². The minimum absolute atomic E-state index is 0.0860. The van der Waals surface area contributed by atoms with Crippen molar-refractivity contribution >= 4 is 29.2 Å². The molecular weight excluding hydrogens is 337 g/mol. The van der Waals surface area contributed by atoms with Gasteiger partial charge in [0.25, 0.3) is 0 Å². The lowest BCUT2D eigenvalue weighted by Crippen LogP contribution is -2.19. The number of aromatic carboxylic acids is 1. The van der Waals surface area contributed by atoms with Crippen LogP contribution in [0, 0.1) is 0 Å². The number of benzene rings is 2. The number of hydrogen-bond acceptors (Lipinski definition) is 3. The number of carbonyl (C=O) groups is 1. The van der Waals surface area contributed by atoms with Gasteiger partial charge < -0.3 is 14.7 Å². The van der Waals surface area contributed by atoms with Gasteiger partial charge in [0.2, 0.25) is 0 Å². The highest BCUT2D eigenvalue weighted by molar-refractivity contribution is 6.41. The first-order valence-corrected chi connectivity index (χ1v) is 7.75. The Hall–Kier alpha value is -1.75. The third kappa shape index (κ3) is 4.38. The number of hydrogen-bond donors (Lipinski definition) is 1. The Labute approximate surface area is 145 Å². The summed E-state index contributed by atoms with van der Waals surface area (Å²) in [6.45, 7) is 1.42. The van der Waals surface area contributed by atoms with Crippen molar-refractivity contribution in [3.05, 3.63) is 52.0 Å². The molecule has 0 aliphatic rings. The van der Waals surface area contributed by atoms with Crippen LogP contribution in [0.4, 0.5) is 0 Å². The molecule has 0 heterocycles. The summed E-state index contributed by atoms with van der Waals surface area (Å²) >= 11 is 12.1. The van der Waals surface area contributed by atoms with E-state index in [4.69, 9.17) is 27.9 Å². The molecule has 0 saturated carbocycles. The minimum atomic E-state index is -1.15. The van der Waals surface area contributed by atoms with E-state index in [1.54, 1.807) is 6.07 Å². The Morgan fingerprint density at radius 1 is 1.13 bits per heavy atom. The number of halogens is 2. The number of likely N-dealkylation sites (N-methyl/N-ethyl adjacent to an activating group) is 1. The zero-order chi connectivity index (χ0) is 17.0. The fraction of sp³-hybridized carbons (Fsp3) is 0.235. The van der Waals surface area contributed by atoms with Crippen molar-refractivity contribution < 1.29 is 14.6 Å². The Morgan fingerprint density at radius 3 is 2.35 bits per heavy atom. The molecule has 2 aromatic rings. The van der Waals surface area contributed by atoms with E-state index in [-0.39, 0.29) is 15.6 Å². The molecule has 4 nitrogen and oxygen atoms in total. The molecule has 0 radical (unpaired) electrons. The van der Waals surface area contributed by atoms with Crippen LogP contribution in [0.1, 0.15) is 10.4 Å². The van der Waals surface area contributed by atoms with E-state index in [1.165, 1.54) is 6.07 Å². The molecule has 0 bridgehead atoms. The Kier molecular flexibility index (Phi) is 5.88. The van der Waals surface area contributed by atoms with Gasteiger partial charge in [0.05, 0.1) is 15.6 Å². The van der Waals surface area contributed by atoms with Crippen LogP contribution < -0.4 is 4.74 Å². The number of carboxylic acids is 1. The SMILES string of the molecule is CN(C)CCOc1ccc(-c2ccc(Cl)c(C(=O)O)c2Cl)cc1. The first-order valence-electron chi connectivity index (χ1n) is 6.99. The lowest BCUT2D eigenvalue weighted by atomic mass is 10.0. The molecular formula is C17H17Cl2NO3. The maximum atomic E-state index is 11.3. The quantitative estimate of drug-likeness (QED) is 0.840. The highest BCUT2D eigenvalue weighted by Gasteiger charge is 2.17. The molecule has 0 aliphatic heterocycles. The summed E-state index contributed by atoms with van der Waals surface area (Å²) in [5.74, 6) is -0.398. The molecule has 2 rings (SSSR count). The number of rotatable bonds is 6. The zero-order valence-corrected chi connectivity index (χ0v) is 14.4. The molecule has 0 atom stereocenters. The van der Waals surface area contributed by atoms with Gasteiger partial charge in [-0.2, -0.15) is 0 Å². The van der Waals surface area contributed by atoms with Crippen LogP contribution in [0.15, 0.2) is 36.4 Å². The monoisotopic (exact) mass is 353 g/mol. The largest absolute Gasteiger partial charge is 0.492 e. The minimum Gasteiger partial charge on any atom is -0.492 e. The zero-order valence-electron chi connectivity index (χ0n) is 12.8. The first-order chi connectivity index (χ1) is 10.9. The lowest BCUT2D eigenvalue weighted by molar-refractivity contribution is 0.0697. The fourth-order valence-corrected chi connectivity index (χ4v) is 2.69. The van der Waals surface area contributed by atoms with Crippen LogP contribution in [-0.2, 0) is 0 Å². The molecule has 0 unspecified atom stereocenters. The van der Waals surface area contributed by atoms with E-state index in [9.17, 15) is 9.90 Å². The van der Waals surface area contributed by atoms with Crippen molar-refractivity contribution in [2.24, 2.45) is 0 Å². The van der Waals surface area contributed by atoms with E-state index < -0.39 is 5.97 Å². The number of ether oxygens (including phenoxy) is 1. The summed E-state index contributed by atoms with van der Waals surface area (Å²) in [7, 11) is 3.96. The van der Waals surface area contributed by atoms with Crippen molar-refractivity contribution in [2.45, 2.75) is 0 Å². The van der Waals surface area contributed by atoms with Crippen LogP contribution in [0.5, 0.6) is 5.75 Å². The third-order valence-electron chi connectivity index (χ3n) is 3.28. The van der Waals surface area contributed by atoms with Crippen molar-refractivity contribution in [2.75, 3.05) is 27.2 Å². The Bertz CT molecular complexity index is 700. The smallest absolute Gasteiger partial charge is 0.338 e. The summed E-state index contributed by atoms with van der Waals surface area (Å²) in [5.41, 5.74) is 1.33. The van der Waals surface area contributed by atoms with Crippen LogP contribution in [0.25, 0.3) is 11.1 Å². The number of carboxylic acid groups (broad SMARTS) is 1. The van der Waals surface area contributed by atoms with Gasteiger partial charge in [0, 0.05) is 12.1 Å². The van der Waals surface area contributed by atoms with Crippen molar-refractivity contribution in [1.82, 2.24) is 4.90 Å². The maximum absolute atomic E-state index is 11.3. The van der Waals surface area contributed by atoms with E-state index in [0.29, 0.717) is 12.2 Å². The molecule has 0 amide bonds. The lowest BCUT2D eigenvalue weighted by Gasteiger charge is -2.12. The van der Waals surface area contributed by atoms with E-state index in [0.717, 1.165) is 17.9 Å². The standard InChI is InChI=1S/C17H17Cl2NO3/c1-20(2)9-10-23-12-5-3-11(4-6-12)13-7-8-14(18)15(16(13)19)17(21)22/h3-8H,9-10H2,1-2H3,(H,21,22). The molecule has 0 aliphatic carbocycles. The molecule has 2 aromatic carbocycles. The van der Waals surface area contributed by atoms with Crippen LogP contribution >= 0.6 is 23.2 Å². The van der Waals surface area contributed by atoms with Gasteiger partial charge in [-0.15, -0.1) is 0 Å². The first kappa shape index (κ1) is 17.6. The van der Waals surface area contributed by atoms with Crippen molar-refractivity contribution in [1.29, 1.82) is 0 Å². The summed E-state index contributed by atoms with van der Waals surface area (Å²) < 4.78 is 5.63. The average molecular weight is 354 g/mol. The molecule has 0 aromatic heterocycles. The van der Waals surface area contributed by atoms with Crippen molar-refractivity contribution in [3.8, 4) is 16.9 Å². The second-order valence-corrected chi connectivity index (χ2v) is 6.05. The molecule has 0 saturated heterocycles. The summed E-state index contributed by atoms with van der Waals surface area (Å²) in [4.78, 5) is 13.3. The highest BCUT2D eigenvalue weighted by Crippen LogP contribution is 2.35. The molecule has 1 N–H and O–H groups in total. The van der Waals surface area contributed by atoms with Gasteiger partial charge in [-0.1, -0.05) is 41.4 Å². The summed E-state index contributed by atoms with van der Waals surface area (Å²) in [6, 6.07) is 10.6. The average Bonchev–Trinajstić information content (AvgIpc) is 2.48. The van der Waals surface area contributed by atoms with Crippen LogP contribution in [-0.4, -0.2) is 43.2 Å². The normalized spacial score (nSPS) is 10.8. The maximum Gasteiger partial charge on any atom is 0.338 e. The van der Waals surface area contributed by atoms with E-state index in [1.807, 2.05) is 43.3 Å². The van der Waals surface area contributed by atoms with Crippen LogP contribution in [0.2, 0.25) is 10.0 Å². The van der Waals surface area contributed by atoms with Gasteiger partial charge in [0.1, 0.15) is 12.4 Å². The molecule has 0 fully saturated rings. The Balaban J connectivity index is 2.23. The fourth-order valence-electron chi connectivity index (χ4n) is 2.05. The molecule has 23 heavy (non-hydrogen) atoms. The van der Waals surface area contributed by atoms with Crippen LogP contribution in [0.3, 0.4) is 0 Å². The predicted molar refractivity (Wildman–Crippen MR) is 92.9 cm³/mol. The number of nitrogens with zero attached hydrogens (tertiary/aromatic N) is 1. The topological polar surface area (TPSA) is 49.8 Å². The molecule has 122 valence electrons. The van der Waals surface area contributed by atoms with Gasteiger partial charge in [-0.25, -0.2) is 4.79 Å². The van der Waals surface area contributed by atoms with E-state index >= 15 is 0 Å². The highest BCUT2D eigenvalue weighted by atomic mass is 35.5. The summed E-state index contributed by atoms with van der Waals surface area (Å²) in [5, 5.41) is 9.46.